The van der Waals surface area contributed by atoms with E-state index in [0.29, 0.717) is 6.54 Å². The average Bonchev–Trinajstić information content (AvgIpc) is 2.56. The number of alkyl halides is 3. The molecular weight excluding hydrogens is 315 g/mol. The van der Waals surface area contributed by atoms with E-state index in [1.54, 1.807) is 0 Å². The molecule has 1 unspecified atom stereocenters. The van der Waals surface area contributed by atoms with Gasteiger partial charge in [-0.05, 0) is 37.1 Å². The number of hydrogen-bond acceptors (Lipinski definition) is 3. The number of nitrogens with zero attached hydrogens (tertiary/aromatic N) is 2. The first-order valence-electron chi connectivity index (χ1n) is 8.07. The fraction of sp³-hybridized carbons (Fsp3) is 0.389. The molecule has 128 valence electrons. The van der Waals surface area contributed by atoms with Crippen LogP contribution in [0.1, 0.15) is 24.0 Å². The van der Waals surface area contributed by atoms with Gasteiger partial charge in [-0.2, -0.15) is 13.2 Å². The number of piperidine rings is 1. The summed E-state index contributed by atoms with van der Waals surface area (Å²) in [4.78, 5) is 6.17. The summed E-state index contributed by atoms with van der Waals surface area (Å²) in [5.41, 5.74) is 0.511. The summed E-state index contributed by atoms with van der Waals surface area (Å²) in [7, 11) is 0. The highest BCUT2D eigenvalue weighted by molar-refractivity contribution is 5.46. The lowest BCUT2D eigenvalue weighted by Gasteiger charge is -2.33. The molecule has 0 saturated carbocycles. The Hall–Kier alpha value is -2.08. The van der Waals surface area contributed by atoms with Gasteiger partial charge in [0.1, 0.15) is 5.82 Å². The Bertz CT molecular complexity index is 658. The predicted octanol–water partition coefficient (Wildman–Crippen LogP) is 4.18. The summed E-state index contributed by atoms with van der Waals surface area (Å²) in [6, 6.07) is 12.5. The number of pyridine rings is 1. The normalized spacial score (nSPS) is 19.2. The van der Waals surface area contributed by atoms with Gasteiger partial charge < -0.3 is 5.32 Å². The van der Waals surface area contributed by atoms with Crippen molar-refractivity contribution in [2.75, 3.05) is 18.4 Å². The molecule has 1 atom stereocenters. The molecule has 2 heterocycles. The minimum atomic E-state index is -4.39. The fourth-order valence-electron chi connectivity index (χ4n) is 3.10. The van der Waals surface area contributed by atoms with Crippen LogP contribution in [0.2, 0.25) is 0 Å². The predicted molar refractivity (Wildman–Crippen MR) is 87.6 cm³/mol. The van der Waals surface area contributed by atoms with Crippen molar-refractivity contribution in [2.24, 2.45) is 0 Å². The summed E-state index contributed by atoms with van der Waals surface area (Å²) in [6.07, 6.45) is -1.20. The van der Waals surface area contributed by atoms with Crippen molar-refractivity contribution in [2.45, 2.75) is 31.6 Å². The molecule has 1 N–H and O–H groups in total. The molecule has 2 aromatic rings. The van der Waals surface area contributed by atoms with E-state index in [9.17, 15) is 13.2 Å². The molecule has 0 spiro atoms. The van der Waals surface area contributed by atoms with Crippen molar-refractivity contribution in [3.8, 4) is 0 Å². The van der Waals surface area contributed by atoms with Crippen molar-refractivity contribution < 1.29 is 13.2 Å². The highest BCUT2D eigenvalue weighted by Gasteiger charge is 2.35. The zero-order valence-electron chi connectivity index (χ0n) is 13.3. The van der Waals surface area contributed by atoms with Gasteiger partial charge in [-0.3, -0.25) is 4.90 Å². The molecule has 0 radical (unpaired) electrons. The van der Waals surface area contributed by atoms with Crippen molar-refractivity contribution in [1.29, 1.82) is 0 Å². The quantitative estimate of drug-likeness (QED) is 0.909. The second-order valence-electron chi connectivity index (χ2n) is 6.10. The number of anilines is 1. The van der Waals surface area contributed by atoms with E-state index >= 15 is 0 Å². The van der Waals surface area contributed by atoms with E-state index in [4.69, 9.17) is 0 Å². The van der Waals surface area contributed by atoms with Gasteiger partial charge >= 0.3 is 6.18 Å². The SMILES string of the molecule is FC(F)(F)c1cccnc1NC1CCCN(Cc2ccccc2)C1. The molecule has 0 amide bonds. The Morgan fingerprint density at radius 1 is 1.12 bits per heavy atom. The van der Waals surface area contributed by atoms with Gasteiger partial charge in [0.2, 0.25) is 0 Å². The topological polar surface area (TPSA) is 28.2 Å². The minimum absolute atomic E-state index is 0.0292. The third-order valence-electron chi connectivity index (χ3n) is 4.21. The summed E-state index contributed by atoms with van der Waals surface area (Å²) in [5.74, 6) is -0.0726. The minimum Gasteiger partial charge on any atom is -0.366 e. The van der Waals surface area contributed by atoms with Crippen LogP contribution in [0.5, 0.6) is 0 Å². The van der Waals surface area contributed by atoms with E-state index in [1.807, 2.05) is 18.2 Å². The Morgan fingerprint density at radius 2 is 1.92 bits per heavy atom. The third-order valence-corrected chi connectivity index (χ3v) is 4.21. The van der Waals surface area contributed by atoms with Gasteiger partial charge in [0.15, 0.2) is 0 Å². The molecule has 1 saturated heterocycles. The van der Waals surface area contributed by atoms with E-state index in [-0.39, 0.29) is 11.9 Å². The number of nitrogens with one attached hydrogen (secondary N) is 1. The highest BCUT2D eigenvalue weighted by Crippen LogP contribution is 2.34. The van der Waals surface area contributed by atoms with Crippen molar-refractivity contribution in [1.82, 2.24) is 9.88 Å². The fourth-order valence-corrected chi connectivity index (χ4v) is 3.10. The number of rotatable bonds is 4. The Balaban J connectivity index is 1.66. The third kappa shape index (κ3) is 4.26. The lowest BCUT2D eigenvalue weighted by molar-refractivity contribution is -0.137. The van der Waals surface area contributed by atoms with Crippen LogP contribution in [-0.4, -0.2) is 29.0 Å². The number of likely N-dealkylation sites (tertiary alicyclic amines) is 1. The maximum absolute atomic E-state index is 13.1. The maximum atomic E-state index is 13.1. The van der Waals surface area contributed by atoms with Gasteiger partial charge in [0, 0.05) is 25.3 Å². The summed E-state index contributed by atoms with van der Waals surface area (Å²) >= 11 is 0. The molecule has 0 bridgehead atoms. The Kier molecular flexibility index (Phi) is 5.04. The second kappa shape index (κ2) is 7.21. The molecule has 1 aliphatic heterocycles. The van der Waals surface area contributed by atoms with Gasteiger partial charge in [-0.1, -0.05) is 30.3 Å². The van der Waals surface area contributed by atoms with E-state index in [2.05, 4.69) is 27.3 Å². The first kappa shape index (κ1) is 16.8. The van der Waals surface area contributed by atoms with Crippen LogP contribution >= 0.6 is 0 Å². The molecule has 24 heavy (non-hydrogen) atoms. The Morgan fingerprint density at radius 3 is 2.67 bits per heavy atom. The van der Waals surface area contributed by atoms with Crippen molar-refractivity contribution >= 4 is 5.82 Å². The van der Waals surface area contributed by atoms with Crippen LogP contribution in [0.15, 0.2) is 48.7 Å². The van der Waals surface area contributed by atoms with Crippen LogP contribution in [-0.2, 0) is 12.7 Å². The molecule has 1 aromatic heterocycles. The molecular formula is C18H20F3N3. The van der Waals surface area contributed by atoms with Crippen LogP contribution in [0.4, 0.5) is 19.0 Å². The molecule has 1 fully saturated rings. The average molecular weight is 335 g/mol. The zero-order chi connectivity index (χ0) is 17.0. The van der Waals surface area contributed by atoms with E-state index in [1.165, 1.54) is 17.8 Å². The zero-order valence-corrected chi connectivity index (χ0v) is 13.3. The van der Waals surface area contributed by atoms with Gasteiger partial charge in [-0.15, -0.1) is 0 Å². The smallest absolute Gasteiger partial charge is 0.366 e. The van der Waals surface area contributed by atoms with Crippen molar-refractivity contribution in [3.05, 3.63) is 59.8 Å². The number of aromatic nitrogens is 1. The summed E-state index contributed by atoms with van der Waals surface area (Å²) < 4.78 is 39.2. The van der Waals surface area contributed by atoms with E-state index < -0.39 is 11.7 Å². The summed E-state index contributed by atoms with van der Waals surface area (Å²) in [6.45, 7) is 2.48. The molecule has 3 nitrogen and oxygen atoms in total. The second-order valence-corrected chi connectivity index (χ2v) is 6.10. The summed E-state index contributed by atoms with van der Waals surface area (Å²) in [5, 5.41) is 3.00. The van der Waals surface area contributed by atoms with Crippen LogP contribution in [0, 0.1) is 0 Å². The monoisotopic (exact) mass is 335 g/mol. The number of hydrogen-bond donors (Lipinski definition) is 1. The Labute approximate surface area is 139 Å². The standard InChI is InChI=1S/C18H20F3N3/c19-18(20,21)16-9-4-10-22-17(16)23-15-8-5-11-24(13-15)12-14-6-2-1-3-7-14/h1-4,6-7,9-10,15H,5,8,11-13H2,(H,22,23). The van der Waals surface area contributed by atoms with Gasteiger partial charge in [-0.25, -0.2) is 4.98 Å². The molecule has 1 aromatic carbocycles. The maximum Gasteiger partial charge on any atom is 0.419 e. The lowest BCUT2D eigenvalue weighted by atomic mass is 10.0. The first-order chi connectivity index (χ1) is 11.5. The van der Waals surface area contributed by atoms with Crippen LogP contribution in [0.3, 0.4) is 0 Å². The first-order valence-corrected chi connectivity index (χ1v) is 8.07. The molecule has 0 aliphatic carbocycles. The van der Waals surface area contributed by atoms with Crippen LogP contribution in [0.25, 0.3) is 0 Å². The molecule has 6 heteroatoms. The highest BCUT2D eigenvalue weighted by atomic mass is 19.4. The van der Waals surface area contributed by atoms with Crippen LogP contribution < -0.4 is 5.32 Å². The number of halogens is 3. The van der Waals surface area contributed by atoms with Crippen molar-refractivity contribution in [3.63, 3.8) is 0 Å². The lowest BCUT2D eigenvalue weighted by Crippen LogP contribution is -2.42. The van der Waals surface area contributed by atoms with Gasteiger partial charge in [0.25, 0.3) is 0 Å². The van der Waals surface area contributed by atoms with Gasteiger partial charge in [0.05, 0.1) is 5.56 Å². The molecule has 1 aliphatic rings. The molecule has 3 rings (SSSR count). The number of benzene rings is 1. The van der Waals surface area contributed by atoms with E-state index in [0.717, 1.165) is 32.0 Å². The largest absolute Gasteiger partial charge is 0.419 e.